The molecular weight excluding hydrogens is 258 g/mol. The van der Waals surface area contributed by atoms with Crippen molar-refractivity contribution in [2.24, 2.45) is 5.92 Å². The third-order valence-corrected chi connectivity index (χ3v) is 2.97. The van der Waals surface area contributed by atoms with Gasteiger partial charge in [0, 0.05) is 24.6 Å². The van der Waals surface area contributed by atoms with E-state index in [-0.39, 0.29) is 30.0 Å². The van der Waals surface area contributed by atoms with Crippen LogP contribution in [0.1, 0.15) is 20.8 Å². The molecule has 1 rings (SSSR count). The number of nitrogens with two attached hydrogens (primary N) is 1. The molecule has 0 aromatic carbocycles. The Morgan fingerprint density at radius 1 is 1.45 bits per heavy atom. The minimum Gasteiger partial charge on any atom is -0.398 e. The molecule has 1 aromatic rings. The van der Waals surface area contributed by atoms with Crippen LogP contribution in [-0.4, -0.2) is 29.7 Å². The molecule has 0 aliphatic carbocycles. The lowest BCUT2D eigenvalue weighted by atomic mass is 10.1. The zero-order chi connectivity index (χ0) is 15.1. The number of carbonyl (C=O) groups excluding carboxylic acids is 1. The number of aromatic nitrogens is 1. The average molecular weight is 281 g/mol. The lowest BCUT2D eigenvalue weighted by Gasteiger charge is -2.22. The van der Waals surface area contributed by atoms with Crippen molar-refractivity contribution in [3.8, 4) is 0 Å². The molecule has 1 amide bonds. The number of ether oxygens (including phenoxy) is 1. The highest BCUT2D eigenvalue weighted by Crippen LogP contribution is 2.03. The van der Waals surface area contributed by atoms with Crippen LogP contribution in [0.5, 0.6) is 0 Å². The third kappa shape index (κ3) is 5.05. The van der Waals surface area contributed by atoms with Crippen LogP contribution in [0.25, 0.3) is 0 Å². The number of rotatable bonds is 7. The molecule has 0 spiro atoms. The quantitative estimate of drug-likeness (QED) is 0.766. The summed E-state index contributed by atoms with van der Waals surface area (Å²) >= 11 is 0. The van der Waals surface area contributed by atoms with Gasteiger partial charge >= 0.3 is 0 Å². The topological polar surface area (TPSA) is 86.3 Å². The first-order valence-corrected chi connectivity index (χ1v) is 6.77. The molecule has 0 saturated heterocycles. The summed E-state index contributed by atoms with van der Waals surface area (Å²) in [5.74, 6) is 0.0270. The molecule has 6 heteroatoms. The first kappa shape index (κ1) is 16.2. The van der Waals surface area contributed by atoms with E-state index < -0.39 is 0 Å². The van der Waals surface area contributed by atoms with Gasteiger partial charge in [-0.3, -0.25) is 9.59 Å². The van der Waals surface area contributed by atoms with Crippen molar-refractivity contribution in [3.05, 3.63) is 28.7 Å². The molecule has 0 saturated carbocycles. The lowest BCUT2D eigenvalue weighted by Crippen LogP contribution is -2.44. The maximum atomic E-state index is 12.0. The molecule has 3 N–H and O–H groups in total. The molecule has 1 heterocycles. The smallest absolute Gasteiger partial charge is 0.251 e. The molecule has 0 fully saturated rings. The number of nitrogens with one attached hydrogen (secondary N) is 1. The maximum absolute atomic E-state index is 12.0. The van der Waals surface area contributed by atoms with Crippen LogP contribution in [-0.2, 0) is 16.1 Å². The van der Waals surface area contributed by atoms with Gasteiger partial charge < -0.3 is 20.4 Å². The Hall–Kier alpha value is -1.82. The van der Waals surface area contributed by atoms with Crippen LogP contribution in [0.3, 0.4) is 0 Å². The fraction of sp³-hybridized carbons (Fsp3) is 0.571. The van der Waals surface area contributed by atoms with Gasteiger partial charge in [0.05, 0.1) is 12.6 Å². The van der Waals surface area contributed by atoms with Crippen molar-refractivity contribution in [1.29, 1.82) is 0 Å². The molecule has 0 radical (unpaired) electrons. The number of pyridine rings is 1. The minimum atomic E-state index is -0.250. The Balaban J connectivity index is 2.65. The number of nitrogen functional groups attached to an aromatic ring is 1. The van der Waals surface area contributed by atoms with E-state index in [1.54, 1.807) is 0 Å². The van der Waals surface area contributed by atoms with Gasteiger partial charge in [0.15, 0.2) is 0 Å². The van der Waals surface area contributed by atoms with Crippen LogP contribution in [0.4, 0.5) is 5.69 Å². The number of hydrogen-bond donors (Lipinski definition) is 2. The first-order chi connectivity index (χ1) is 9.43. The summed E-state index contributed by atoms with van der Waals surface area (Å²) in [4.78, 5) is 23.6. The number of hydrogen-bond acceptors (Lipinski definition) is 4. The van der Waals surface area contributed by atoms with E-state index in [4.69, 9.17) is 10.5 Å². The van der Waals surface area contributed by atoms with Crippen LogP contribution < -0.4 is 16.6 Å². The van der Waals surface area contributed by atoms with Crippen molar-refractivity contribution in [2.75, 3.05) is 18.9 Å². The van der Waals surface area contributed by atoms with Crippen LogP contribution in [0, 0.1) is 5.92 Å². The Labute approximate surface area is 118 Å². The normalized spacial score (nSPS) is 12.4. The van der Waals surface area contributed by atoms with Gasteiger partial charge in [-0.2, -0.15) is 0 Å². The van der Waals surface area contributed by atoms with E-state index in [0.717, 1.165) is 0 Å². The summed E-state index contributed by atoms with van der Waals surface area (Å²) < 4.78 is 6.64. The summed E-state index contributed by atoms with van der Waals surface area (Å²) in [6, 6.07) is 2.80. The largest absolute Gasteiger partial charge is 0.398 e. The van der Waals surface area contributed by atoms with Gasteiger partial charge in [0.1, 0.15) is 6.54 Å². The molecule has 0 aliphatic heterocycles. The fourth-order valence-corrected chi connectivity index (χ4v) is 1.73. The molecule has 0 bridgehead atoms. The molecule has 1 aromatic heterocycles. The molecule has 20 heavy (non-hydrogen) atoms. The highest BCUT2D eigenvalue weighted by molar-refractivity contribution is 5.76. The monoisotopic (exact) mass is 281 g/mol. The predicted octanol–water partition coefficient (Wildman–Crippen LogP) is 0.608. The fourth-order valence-electron chi connectivity index (χ4n) is 1.73. The van der Waals surface area contributed by atoms with Crippen molar-refractivity contribution < 1.29 is 9.53 Å². The van der Waals surface area contributed by atoms with Gasteiger partial charge in [-0.1, -0.05) is 13.8 Å². The van der Waals surface area contributed by atoms with Gasteiger partial charge in [-0.25, -0.2) is 0 Å². The van der Waals surface area contributed by atoms with Crippen LogP contribution in [0.15, 0.2) is 23.1 Å². The first-order valence-electron chi connectivity index (χ1n) is 6.77. The second-order valence-corrected chi connectivity index (χ2v) is 5.01. The standard InChI is InChI=1S/C14H23N3O3/c1-4-20-9-12(10(2)3)16-13(18)8-17-7-11(15)5-6-14(17)19/h5-7,10,12H,4,8-9,15H2,1-3H3,(H,16,18). The lowest BCUT2D eigenvalue weighted by molar-refractivity contribution is -0.123. The Morgan fingerprint density at radius 3 is 2.75 bits per heavy atom. The Morgan fingerprint density at radius 2 is 2.15 bits per heavy atom. The maximum Gasteiger partial charge on any atom is 0.251 e. The van der Waals surface area contributed by atoms with E-state index in [9.17, 15) is 9.59 Å². The van der Waals surface area contributed by atoms with Crippen molar-refractivity contribution in [3.63, 3.8) is 0 Å². The summed E-state index contributed by atoms with van der Waals surface area (Å²) in [6.07, 6.45) is 1.47. The van der Waals surface area contributed by atoms with Crippen LogP contribution >= 0.6 is 0 Å². The second-order valence-electron chi connectivity index (χ2n) is 5.01. The average Bonchev–Trinajstić information content (AvgIpc) is 2.38. The van der Waals surface area contributed by atoms with Crippen molar-refractivity contribution in [2.45, 2.75) is 33.4 Å². The van der Waals surface area contributed by atoms with E-state index in [1.165, 1.54) is 22.9 Å². The third-order valence-electron chi connectivity index (χ3n) is 2.97. The van der Waals surface area contributed by atoms with Gasteiger partial charge in [-0.15, -0.1) is 0 Å². The second kappa shape index (κ2) is 7.69. The molecule has 1 unspecified atom stereocenters. The summed E-state index contributed by atoms with van der Waals surface area (Å²) in [5, 5.41) is 2.88. The number of nitrogens with zero attached hydrogens (tertiary/aromatic N) is 1. The molecule has 0 aliphatic rings. The summed E-state index contributed by atoms with van der Waals surface area (Å²) in [5.41, 5.74) is 5.81. The van der Waals surface area contributed by atoms with Gasteiger partial charge in [0.25, 0.3) is 5.56 Å². The van der Waals surface area contributed by atoms with Crippen LogP contribution in [0.2, 0.25) is 0 Å². The van der Waals surface area contributed by atoms with E-state index in [2.05, 4.69) is 5.32 Å². The molecule has 112 valence electrons. The zero-order valence-electron chi connectivity index (χ0n) is 12.3. The van der Waals surface area contributed by atoms with E-state index in [0.29, 0.717) is 18.9 Å². The highest BCUT2D eigenvalue weighted by atomic mass is 16.5. The summed E-state index contributed by atoms with van der Waals surface area (Å²) in [7, 11) is 0. The van der Waals surface area contributed by atoms with E-state index >= 15 is 0 Å². The Kier molecular flexibility index (Phi) is 6.24. The number of carbonyl (C=O) groups is 1. The molecule has 6 nitrogen and oxygen atoms in total. The molecule has 1 atom stereocenters. The minimum absolute atomic E-state index is 0.0424. The number of anilines is 1. The zero-order valence-corrected chi connectivity index (χ0v) is 12.3. The highest BCUT2D eigenvalue weighted by Gasteiger charge is 2.16. The van der Waals surface area contributed by atoms with Crippen molar-refractivity contribution in [1.82, 2.24) is 9.88 Å². The number of amides is 1. The SMILES string of the molecule is CCOCC(NC(=O)Cn1cc(N)ccc1=O)C(C)C. The van der Waals surface area contributed by atoms with Gasteiger partial charge in [-0.05, 0) is 18.9 Å². The molecular formula is C14H23N3O3. The van der Waals surface area contributed by atoms with Gasteiger partial charge in [0.2, 0.25) is 5.91 Å². The summed E-state index contributed by atoms with van der Waals surface area (Å²) in [6.45, 7) is 6.96. The van der Waals surface area contributed by atoms with Crippen molar-refractivity contribution >= 4 is 11.6 Å². The van der Waals surface area contributed by atoms with E-state index in [1.807, 2.05) is 20.8 Å². The Bertz CT molecular complexity index is 497. The predicted molar refractivity (Wildman–Crippen MR) is 78.4 cm³/mol.